The van der Waals surface area contributed by atoms with Crippen LogP contribution in [0.2, 0.25) is 0 Å². The first-order chi connectivity index (χ1) is 9.92. The first-order valence-electron chi connectivity index (χ1n) is 7.05. The van der Waals surface area contributed by atoms with Crippen LogP contribution in [0, 0.1) is 0 Å². The Morgan fingerprint density at radius 2 is 2.05 bits per heavy atom. The first-order valence-corrected chi connectivity index (χ1v) is 7.84. The zero-order valence-corrected chi connectivity index (χ0v) is 13.7. The lowest BCUT2D eigenvalue weighted by Crippen LogP contribution is -2.13. The second kappa shape index (κ2) is 9.43. The normalized spacial score (nSPS) is 11.9. The molecule has 0 amide bonds. The highest BCUT2D eigenvalue weighted by Gasteiger charge is 2.25. The lowest BCUT2D eigenvalue weighted by atomic mass is 10.1. The van der Waals surface area contributed by atoms with Crippen molar-refractivity contribution in [3.05, 3.63) is 33.8 Å². The molecule has 1 rings (SSSR count). The Morgan fingerprint density at radius 3 is 2.67 bits per heavy atom. The van der Waals surface area contributed by atoms with E-state index >= 15 is 0 Å². The molecule has 120 valence electrons. The molecule has 6 heteroatoms. The molecule has 1 aromatic rings. The molecule has 0 atom stereocenters. The lowest BCUT2D eigenvalue weighted by molar-refractivity contribution is -0.138. The van der Waals surface area contributed by atoms with E-state index in [0.717, 1.165) is 35.1 Å². The molecule has 0 bridgehead atoms. The van der Waals surface area contributed by atoms with Gasteiger partial charge in [-0.05, 0) is 36.6 Å². The summed E-state index contributed by atoms with van der Waals surface area (Å²) >= 11 is 3.47. The van der Waals surface area contributed by atoms with Gasteiger partial charge in [0.2, 0.25) is 0 Å². The minimum atomic E-state index is -4.10. The summed E-state index contributed by atoms with van der Waals surface area (Å²) in [5, 5.41) is 3.31. The second-order valence-corrected chi connectivity index (χ2v) is 5.73. The minimum absolute atomic E-state index is 0.000139. The Morgan fingerprint density at radius 1 is 1.29 bits per heavy atom. The van der Waals surface area contributed by atoms with E-state index in [1.165, 1.54) is 0 Å². The van der Waals surface area contributed by atoms with Gasteiger partial charge in [0.25, 0.3) is 0 Å². The van der Waals surface area contributed by atoms with E-state index in [0.29, 0.717) is 6.61 Å². The van der Waals surface area contributed by atoms with Crippen molar-refractivity contribution in [2.45, 2.75) is 45.5 Å². The Kier molecular flexibility index (Phi) is 8.29. The number of alkyl halides is 3. The highest BCUT2D eigenvalue weighted by Crippen LogP contribution is 2.22. The van der Waals surface area contributed by atoms with Gasteiger partial charge in [0.1, 0.15) is 0 Å². The average molecular weight is 368 g/mol. The molecule has 0 saturated heterocycles. The Labute approximate surface area is 132 Å². The maximum atomic E-state index is 12.0. The van der Waals surface area contributed by atoms with Crippen molar-refractivity contribution < 1.29 is 17.9 Å². The van der Waals surface area contributed by atoms with Gasteiger partial charge in [0, 0.05) is 24.0 Å². The summed E-state index contributed by atoms with van der Waals surface area (Å²) in [4.78, 5) is 0. The number of nitrogens with one attached hydrogen (secondary N) is 1. The Balaban J connectivity index is 2.32. The second-order valence-electron chi connectivity index (χ2n) is 4.87. The van der Waals surface area contributed by atoms with E-state index in [1.807, 2.05) is 18.2 Å². The predicted octanol–water partition coefficient (Wildman–Crippen LogP) is 4.81. The molecular formula is C15H21BrF3NO. The van der Waals surface area contributed by atoms with Gasteiger partial charge < -0.3 is 10.1 Å². The van der Waals surface area contributed by atoms with E-state index in [4.69, 9.17) is 4.74 Å². The Bertz CT molecular complexity index is 424. The SMILES string of the molecule is CCCNCc1ccc(COCCCC(F)(F)F)c(Br)c1. The van der Waals surface area contributed by atoms with Gasteiger partial charge in [-0.1, -0.05) is 35.0 Å². The maximum Gasteiger partial charge on any atom is 0.389 e. The van der Waals surface area contributed by atoms with Crippen LogP contribution in [0.4, 0.5) is 13.2 Å². The molecule has 0 radical (unpaired) electrons. The molecular weight excluding hydrogens is 347 g/mol. The highest BCUT2D eigenvalue weighted by atomic mass is 79.9. The van der Waals surface area contributed by atoms with Crippen molar-refractivity contribution >= 4 is 15.9 Å². The molecule has 0 heterocycles. The van der Waals surface area contributed by atoms with Gasteiger partial charge in [-0.25, -0.2) is 0 Å². The number of hydrogen-bond donors (Lipinski definition) is 1. The summed E-state index contributed by atoms with van der Waals surface area (Å²) in [5.41, 5.74) is 2.11. The monoisotopic (exact) mass is 367 g/mol. The zero-order valence-electron chi connectivity index (χ0n) is 12.1. The van der Waals surface area contributed by atoms with Crippen molar-refractivity contribution in [2.75, 3.05) is 13.2 Å². The summed E-state index contributed by atoms with van der Waals surface area (Å²) in [5.74, 6) is 0. The van der Waals surface area contributed by atoms with Crippen molar-refractivity contribution in [1.82, 2.24) is 5.32 Å². The van der Waals surface area contributed by atoms with Gasteiger partial charge in [-0.2, -0.15) is 13.2 Å². The quantitative estimate of drug-likeness (QED) is 0.632. The predicted molar refractivity (Wildman–Crippen MR) is 81.1 cm³/mol. The number of benzene rings is 1. The molecule has 0 aliphatic carbocycles. The molecule has 0 aliphatic rings. The summed E-state index contributed by atoms with van der Waals surface area (Å²) < 4.78 is 42.1. The summed E-state index contributed by atoms with van der Waals surface area (Å²) in [6.07, 6.45) is -3.81. The largest absolute Gasteiger partial charge is 0.389 e. The molecule has 0 saturated carbocycles. The average Bonchev–Trinajstić information content (AvgIpc) is 2.39. The standard InChI is InChI=1S/C15H21BrF3NO/c1-2-7-20-10-12-4-5-13(14(16)9-12)11-21-8-3-6-15(17,18)19/h4-5,9,20H,2-3,6-8,10-11H2,1H3. The van der Waals surface area contributed by atoms with Crippen LogP contribution in [0.3, 0.4) is 0 Å². The van der Waals surface area contributed by atoms with E-state index < -0.39 is 12.6 Å². The summed E-state index contributed by atoms with van der Waals surface area (Å²) in [6, 6.07) is 5.95. The first kappa shape index (κ1) is 18.5. The summed E-state index contributed by atoms with van der Waals surface area (Å²) in [7, 11) is 0. The third kappa shape index (κ3) is 8.44. The van der Waals surface area contributed by atoms with E-state index in [2.05, 4.69) is 28.2 Å². The van der Waals surface area contributed by atoms with E-state index in [9.17, 15) is 13.2 Å². The van der Waals surface area contributed by atoms with Crippen molar-refractivity contribution in [3.63, 3.8) is 0 Å². The highest BCUT2D eigenvalue weighted by molar-refractivity contribution is 9.10. The lowest BCUT2D eigenvalue weighted by Gasteiger charge is -2.10. The van der Waals surface area contributed by atoms with Gasteiger partial charge in [0.05, 0.1) is 6.61 Å². The van der Waals surface area contributed by atoms with Gasteiger partial charge >= 0.3 is 6.18 Å². The fraction of sp³-hybridized carbons (Fsp3) is 0.600. The van der Waals surface area contributed by atoms with Crippen LogP contribution >= 0.6 is 15.9 Å². The fourth-order valence-electron chi connectivity index (χ4n) is 1.78. The van der Waals surface area contributed by atoms with Gasteiger partial charge in [-0.3, -0.25) is 0 Å². The van der Waals surface area contributed by atoms with Gasteiger partial charge in [0.15, 0.2) is 0 Å². The summed E-state index contributed by atoms with van der Waals surface area (Å²) in [6.45, 7) is 4.33. The minimum Gasteiger partial charge on any atom is -0.377 e. The maximum absolute atomic E-state index is 12.0. The molecule has 0 unspecified atom stereocenters. The fourth-order valence-corrected chi connectivity index (χ4v) is 2.32. The van der Waals surface area contributed by atoms with Gasteiger partial charge in [-0.15, -0.1) is 0 Å². The van der Waals surface area contributed by atoms with Crippen LogP contribution in [-0.2, 0) is 17.9 Å². The number of halogens is 4. The molecule has 0 fully saturated rings. The van der Waals surface area contributed by atoms with Crippen molar-refractivity contribution in [1.29, 1.82) is 0 Å². The van der Waals surface area contributed by atoms with Crippen LogP contribution < -0.4 is 5.32 Å². The van der Waals surface area contributed by atoms with E-state index in [1.54, 1.807) is 0 Å². The molecule has 1 N–H and O–H groups in total. The van der Waals surface area contributed by atoms with Crippen molar-refractivity contribution in [3.8, 4) is 0 Å². The third-order valence-electron chi connectivity index (χ3n) is 2.88. The smallest absolute Gasteiger partial charge is 0.377 e. The molecule has 21 heavy (non-hydrogen) atoms. The van der Waals surface area contributed by atoms with Crippen LogP contribution in [0.25, 0.3) is 0 Å². The molecule has 0 aliphatic heterocycles. The third-order valence-corrected chi connectivity index (χ3v) is 3.62. The molecule has 1 aromatic carbocycles. The van der Waals surface area contributed by atoms with E-state index in [-0.39, 0.29) is 13.0 Å². The topological polar surface area (TPSA) is 21.3 Å². The van der Waals surface area contributed by atoms with Crippen molar-refractivity contribution in [2.24, 2.45) is 0 Å². The zero-order chi connectivity index (χ0) is 15.7. The number of hydrogen-bond acceptors (Lipinski definition) is 2. The molecule has 0 aromatic heterocycles. The van der Waals surface area contributed by atoms with Crippen LogP contribution in [0.15, 0.2) is 22.7 Å². The number of ether oxygens (including phenoxy) is 1. The Hall–Kier alpha value is -0.590. The number of rotatable bonds is 9. The van der Waals surface area contributed by atoms with Crippen LogP contribution in [0.1, 0.15) is 37.3 Å². The molecule has 0 spiro atoms. The molecule has 2 nitrogen and oxygen atoms in total. The van der Waals surface area contributed by atoms with Crippen LogP contribution in [0.5, 0.6) is 0 Å². The van der Waals surface area contributed by atoms with Crippen LogP contribution in [-0.4, -0.2) is 19.3 Å².